The van der Waals surface area contributed by atoms with Gasteiger partial charge in [-0.05, 0) is 49.2 Å². The van der Waals surface area contributed by atoms with E-state index in [0.29, 0.717) is 40.3 Å². The van der Waals surface area contributed by atoms with Crippen LogP contribution in [-0.4, -0.2) is 37.0 Å². The van der Waals surface area contributed by atoms with Gasteiger partial charge in [-0.15, -0.1) is 0 Å². The molecule has 0 saturated heterocycles. The Kier molecular flexibility index (Phi) is 5.85. The minimum absolute atomic E-state index is 0.0778. The number of carbonyl (C=O) groups is 2. The minimum atomic E-state index is -1.64. The van der Waals surface area contributed by atoms with Gasteiger partial charge >= 0.3 is 0 Å². The van der Waals surface area contributed by atoms with Crippen molar-refractivity contribution in [1.82, 2.24) is 4.90 Å². The summed E-state index contributed by atoms with van der Waals surface area (Å²) in [6.45, 7) is 2.74. The molecule has 192 valence electrons. The molecule has 38 heavy (non-hydrogen) atoms. The number of aryl methyl sites for hydroxylation is 1. The van der Waals surface area contributed by atoms with Crippen molar-refractivity contribution < 1.29 is 18.7 Å². The average Bonchev–Trinajstić information content (AvgIpc) is 3.31. The Morgan fingerprint density at radius 2 is 1.76 bits per heavy atom. The second-order valence-corrected chi connectivity index (χ2v) is 10.1. The standard InChI is InChI=1S/C30H25ClN2O5/c1-18-8-13-24-21(16-18)26(34)25-27(38-24)28(35)33(14-5-15-37-2)30(25)22-6-3-4-7-23(22)32(29(30)36)17-19-9-11-20(31)12-10-19/h3-4,6-13,16H,5,14-15,17H2,1-2H3. The topological polar surface area (TPSA) is 80.1 Å². The second kappa shape index (κ2) is 9.11. The highest BCUT2D eigenvalue weighted by Crippen LogP contribution is 2.52. The lowest BCUT2D eigenvalue weighted by Crippen LogP contribution is -2.53. The number of carbonyl (C=O) groups excluding carboxylic acids is 2. The Hall–Kier alpha value is -3.94. The van der Waals surface area contributed by atoms with Gasteiger partial charge in [0.1, 0.15) is 5.58 Å². The van der Waals surface area contributed by atoms with E-state index in [1.807, 2.05) is 49.4 Å². The largest absolute Gasteiger partial charge is 0.450 e. The number of amides is 2. The number of fused-ring (bicyclic) bond motifs is 5. The minimum Gasteiger partial charge on any atom is -0.450 e. The van der Waals surface area contributed by atoms with E-state index in [2.05, 4.69) is 0 Å². The molecule has 2 aliphatic heterocycles. The zero-order chi connectivity index (χ0) is 26.6. The fourth-order valence-electron chi connectivity index (χ4n) is 5.70. The highest BCUT2D eigenvalue weighted by Gasteiger charge is 2.64. The maximum atomic E-state index is 14.7. The number of methoxy groups -OCH3 is 1. The number of halogens is 1. The average molecular weight is 529 g/mol. The summed E-state index contributed by atoms with van der Waals surface area (Å²) in [5, 5.41) is 0.939. The summed E-state index contributed by atoms with van der Waals surface area (Å²) in [6.07, 6.45) is 0.484. The molecule has 2 amide bonds. The number of ether oxygens (including phenoxy) is 1. The molecule has 7 nitrogen and oxygen atoms in total. The molecule has 3 heterocycles. The summed E-state index contributed by atoms with van der Waals surface area (Å²) in [7, 11) is 1.58. The van der Waals surface area contributed by atoms with E-state index in [1.165, 1.54) is 4.90 Å². The van der Waals surface area contributed by atoms with Crippen molar-refractivity contribution in [3.8, 4) is 0 Å². The lowest BCUT2D eigenvalue weighted by Gasteiger charge is -2.34. The van der Waals surface area contributed by atoms with Crippen molar-refractivity contribution in [2.45, 2.75) is 25.4 Å². The molecule has 4 aromatic rings. The van der Waals surface area contributed by atoms with Gasteiger partial charge < -0.3 is 19.0 Å². The molecule has 0 fully saturated rings. The van der Waals surface area contributed by atoms with Crippen LogP contribution in [0, 0.1) is 6.92 Å². The highest BCUT2D eigenvalue weighted by molar-refractivity contribution is 6.30. The van der Waals surface area contributed by atoms with Gasteiger partial charge in [-0.2, -0.15) is 0 Å². The first-order chi connectivity index (χ1) is 18.4. The first-order valence-corrected chi connectivity index (χ1v) is 12.8. The summed E-state index contributed by atoms with van der Waals surface area (Å²) in [6, 6.07) is 19.9. The third kappa shape index (κ3) is 3.42. The Bertz CT molecular complexity index is 1660. The summed E-state index contributed by atoms with van der Waals surface area (Å²) in [5.74, 6) is -0.926. The molecule has 0 radical (unpaired) electrons. The second-order valence-electron chi connectivity index (χ2n) is 9.68. The third-order valence-corrected chi connectivity index (χ3v) is 7.63. The Morgan fingerprint density at radius 1 is 1.00 bits per heavy atom. The smallest absolute Gasteiger partial charge is 0.291 e. The van der Waals surface area contributed by atoms with Crippen molar-refractivity contribution in [3.05, 3.63) is 110 Å². The molecule has 6 rings (SSSR count). The molecular formula is C30H25ClN2O5. The number of hydrogen-bond donors (Lipinski definition) is 0. The number of para-hydroxylation sites is 1. The third-order valence-electron chi connectivity index (χ3n) is 7.38. The molecule has 0 saturated carbocycles. The van der Waals surface area contributed by atoms with Crippen molar-refractivity contribution in [2.75, 3.05) is 25.2 Å². The van der Waals surface area contributed by atoms with Gasteiger partial charge in [0.2, 0.25) is 5.76 Å². The summed E-state index contributed by atoms with van der Waals surface area (Å²) < 4.78 is 11.3. The van der Waals surface area contributed by atoms with Crippen LogP contribution in [0.2, 0.25) is 5.02 Å². The van der Waals surface area contributed by atoms with Crippen LogP contribution in [0.25, 0.3) is 11.0 Å². The molecule has 1 spiro atoms. The fourth-order valence-corrected chi connectivity index (χ4v) is 5.83. The lowest BCUT2D eigenvalue weighted by atomic mass is 9.84. The maximum Gasteiger partial charge on any atom is 0.291 e. The van der Waals surface area contributed by atoms with Crippen LogP contribution in [0.15, 0.2) is 75.9 Å². The molecule has 3 aromatic carbocycles. The van der Waals surface area contributed by atoms with Gasteiger partial charge in [-0.1, -0.05) is 53.6 Å². The van der Waals surface area contributed by atoms with Crippen LogP contribution in [0.5, 0.6) is 0 Å². The van der Waals surface area contributed by atoms with Crippen LogP contribution in [-0.2, 0) is 21.6 Å². The molecule has 0 bridgehead atoms. The summed E-state index contributed by atoms with van der Waals surface area (Å²) in [4.78, 5) is 45.9. The molecule has 2 aliphatic rings. The van der Waals surface area contributed by atoms with Crippen molar-refractivity contribution in [1.29, 1.82) is 0 Å². The van der Waals surface area contributed by atoms with E-state index < -0.39 is 11.4 Å². The van der Waals surface area contributed by atoms with Gasteiger partial charge in [0.15, 0.2) is 11.0 Å². The lowest BCUT2D eigenvalue weighted by molar-refractivity contribution is -0.126. The first kappa shape index (κ1) is 24.4. The van der Waals surface area contributed by atoms with E-state index >= 15 is 0 Å². The van der Waals surface area contributed by atoms with E-state index in [-0.39, 0.29) is 35.7 Å². The van der Waals surface area contributed by atoms with Crippen LogP contribution < -0.4 is 10.3 Å². The van der Waals surface area contributed by atoms with Crippen LogP contribution >= 0.6 is 11.6 Å². The van der Waals surface area contributed by atoms with Gasteiger partial charge in [-0.3, -0.25) is 14.4 Å². The number of benzene rings is 3. The number of rotatable bonds is 6. The van der Waals surface area contributed by atoms with Crippen LogP contribution in [0.3, 0.4) is 0 Å². The molecule has 1 unspecified atom stereocenters. The molecule has 0 N–H and O–H groups in total. The SMILES string of the molecule is COCCCN1C(=O)c2oc3ccc(C)cc3c(=O)c2C12C(=O)N(Cc1ccc(Cl)cc1)c1ccccc12. The fraction of sp³-hybridized carbons (Fsp3) is 0.233. The first-order valence-electron chi connectivity index (χ1n) is 12.4. The summed E-state index contributed by atoms with van der Waals surface area (Å²) >= 11 is 6.08. The number of anilines is 1. The van der Waals surface area contributed by atoms with Gasteiger partial charge in [0.25, 0.3) is 11.8 Å². The van der Waals surface area contributed by atoms with Gasteiger partial charge in [0, 0.05) is 30.8 Å². The van der Waals surface area contributed by atoms with E-state index in [4.69, 9.17) is 20.8 Å². The number of nitrogens with zero attached hydrogens (tertiary/aromatic N) is 2. The zero-order valence-corrected chi connectivity index (χ0v) is 21.7. The zero-order valence-electron chi connectivity index (χ0n) is 21.0. The highest BCUT2D eigenvalue weighted by atomic mass is 35.5. The van der Waals surface area contributed by atoms with E-state index in [1.54, 1.807) is 36.3 Å². The van der Waals surface area contributed by atoms with Crippen molar-refractivity contribution in [2.24, 2.45) is 0 Å². The van der Waals surface area contributed by atoms with Crippen molar-refractivity contribution >= 4 is 40.1 Å². The normalized spacial score (nSPS) is 18.1. The molecule has 1 atom stereocenters. The number of hydrogen-bond acceptors (Lipinski definition) is 5. The van der Waals surface area contributed by atoms with E-state index in [9.17, 15) is 14.4 Å². The Morgan fingerprint density at radius 3 is 2.53 bits per heavy atom. The molecule has 8 heteroatoms. The quantitative estimate of drug-likeness (QED) is 0.328. The predicted octanol–water partition coefficient (Wildman–Crippen LogP) is 5.04. The Balaban J connectivity index is 1.62. The van der Waals surface area contributed by atoms with Crippen LogP contribution in [0.4, 0.5) is 5.69 Å². The Labute approximate surface area is 224 Å². The monoisotopic (exact) mass is 528 g/mol. The maximum absolute atomic E-state index is 14.7. The van der Waals surface area contributed by atoms with Crippen molar-refractivity contribution in [3.63, 3.8) is 0 Å². The van der Waals surface area contributed by atoms with Gasteiger partial charge in [-0.25, -0.2) is 0 Å². The molecule has 1 aromatic heterocycles. The van der Waals surface area contributed by atoms with E-state index in [0.717, 1.165) is 11.1 Å². The predicted molar refractivity (Wildman–Crippen MR) is 145 cm³/mol. The van der Waals surface area contributed by atoms with Crippen LogP contribution in [0.1, 0.15) is 39.2 Å². The van der Waals surface area contributed by atoms with Gasteiger partial charge in [0.05, 0.1) is 23.2 Å². The molecular weight excluding hydrogens is 504 g/mol. The molecule has 0 aliphatic carbocycles. The summed E-state index contributed by atoms with van der Waals surface area (Å²) in [5.41, 5.74) is 1.36.